The highest BCUT2D eigenvalue weighted by atomic mass is 19.4. The third kappa shape index (κ3) is 8.59. The SMILES string of the molecule is COc1ccc(CC([O-])=Nc2cc(NC(=O)Nc3c[n+](Cc4ccc(-c5cnc(OC)nc5C)cc4)no3)cc(C(F)(F)F)c2)cc1. The van der Waals surface area contributed by atoms with E-state index in [4.69, 9.17) is 14.0 Å². The number of methoxy groups -OCH3 is 2. The molecule has 2 aromatic heterocycles. The van der Waals surface area contributed by atoms with Crippen LogP contribution in [-0.4, -0.2) is 41.4 Å². The van der Waals surface area contributed by atoms with Crippen LogP contribution in [0.15, 0.2) is 88.6 Å². The van der Waals surface area contributed by atoms with Crippen molar-refractivity contribution >= 4 is 29.2 Å². The number of carbonyl (C=O) groups is 1. The number of aromatic nitrogens is 4. The van der Waals surface area contributed by atoms with Gasteiger partial charge in [-0.25, -0.2) is 9.78 Å². The molecule has 0 unspecified atom stereocenters. The molecule has 15 heteroatoms. The summed E-state index contributed by atoms with van der Waals surface area (Å²) in [6.07, 6.45) is -1.80. The van der Waals surface area contributed by atoms with Crippen molar-refractivity contribution in [3.8, 4) is 22.9 Å². The Kier molecular flexibility index (Phi) is 9.63. The topological polar surface area (TPSA) is 151 Å². The fraction of sp³-hybridized carbons (Fsp3) is 0.188. The molecule has 5 rings (SSSR count). The Morgan fingerprint density at radius 3 is 2.38 bits per heavy atom. The number of amides is 2. The maximum absolute atomic E-state index is 13.6. The summed E-state index contributed by atoms with van der Waals surface area (Å²) in [5, 5.41) is 21.1. The van der Waals surface area contributed by atoms with Crippen LogP contribution in [-0.2, 0) is 19.1 Å². The van der Waals surface area contributed by atoms with Crippen LogP contribution in [0.5, 0.6) is 11.8 Å². The molecule has 0 fully saturated rings. The number of nitrogens with zero attached hydrogens (tertiary/aromatic N) is 5. The van der Waals surface area contributed by atoms with Crippen LogP contribution in [0.25, 0.3) is 11.1 Å². The van der Waals surface area contributed by atoms with Crippen LogP contribution in [0.3, 0.4) is 0 Å². The second kappa shape index (κ2) is 14.0. The van der Waals surface area contributed by atoms with Crippen LogP contribution < -0.4 is 29.9 Å². The molecular formula is C32H28F3N7O5. The lowest BCUT2D eigenvalue weighted by molar-refractivity contribution is -0.754. The first kappa shape index (κ1) is 32.4. The van der Waals surface area contributed by atoms with Crippen molar-refractivity contribution in [1.29, 1.82) is 0 Å². The molecule has 2 N–H and O–H groups in total. The quantitative estimate of drug-likeness (QED) is 0.121. The predicted octanol–water partition coefficient (Wildman–Crippen LogP) is 5.09. The van der Waals surface area contributed by atoms with Gasteiger partial charge in [0.05, 0.1) is 31.2 Å². The summed E-state index contributed by atoms with van der Waals surface area (Å²) in [7, 11) is 3.00. The molecule has 47 heavy (non-hydrogen) atoms. The zero-order chi connectivity index (χ0) is 33.6. The van der Waals surface area contributed by atoms with Crippen LogP contribution in [0.4, 0.5) is 35.2 Å². The number of hydrogen-bond donors (Lipinski definition) is 2. The average molecular weight is 648 g/mol. The van der Waals surface area contributed by atoms with Gasteiger partial charge in [-0.1, -0.05) is 36.4 Å². The first-order valence-electron chi connectivity index (χ1n) is 14.0. The van der Waals surface area contributed by atoms with E-state index in [9.17, 15) is 23.1 Å². The molecule has 0 saturated carbocycles. The molecule has 3 aromatic carbocycles. The molecule has 0 spiro atoms. The highest BCUT2D eigenvalue weighted by molar-refractivity contribution is 5.99. The third-order valence-corrected chi connectivity index (χ3v) is 6.77. The van der Waals surface area contributed by atoms with Gasteiger partial charge in [0.25, 0.3) is 6.20 Å². The fourth-order valence-electron chi connectivity index (χ4n) is 4.50. The molecule has 12 nitrogen and oxygen atoms in total. The molecule has 2 amide bonds. The van der Waals surface area contributed by atoms with Crippen LogP contribution >= 0.6 is 0 Å². The maximum atomic E-state index is 13.6. The van der Waals surface area contributed by atoms with Crippen molar-refractivity contribution in [2.24, 2.45) is 4.99 Å². The van der Waals surface area contributed by atoms with E-state index >= 15 is 0 Å². The van der Waals surface area contributed by atoms with E-state index in [2.05, 4.69) is 30.9 Å². The number of aryl methyl sites for hydroxylation is 1. The minimum atomic E-state index is -4.76. The number of benzene rings is 3. The number of rotatable bonds is 10. The second-order valence-corrected chi connectivity index (χ2v) is 10.2. The van der Waals surface area contributed by atoms with Gasteiger partial charge in [0.1, 0.15) is 5.75 Å². The number of aliphatic imine (C=N–C) groups is 1. The van der Waals surface area contributed by atoms with Crippen molar-refractivity contribution < 1.29 is 41.8 Å². The number of ether oxygens (including phenoxy) is 2. The van der Waals surface area contributed by atoms with Crippen molar-refractivity contribution in [3.05, 3.63) is 102 Å². The lowest BCUT2D eigenvalue weighted by atomic mass is 10.0. The van der Waals surface area contributed by atoms with Crippen LogP contribution in [0.1, 0.15) is 22.4 Å². The number of carbonyl (C=O) groups excluding carboxylic acids is 1. The number of alkyl halides is 3. The van der Waals surface area contributed by atoms with Crippen molar-refractivity contribution in [2.75, 3.05) is 24.9 Å². The van der Waals surface area contributed by atoms with Crippen molar-refractivity contribution in [2.45, 2.75) is 26.1 Å². The standard InChI is InChI=1S/C32H28F3N7O5/c1-19-27(16-36-31(37-19)46-3)22-8-4-21(5-9-22)17-42-18-29(47-41-42)40-30(44)39-25-14-23(32(33,34)35)13-24(15-25)38-28(43)12-20-6-10-26(45-2)11-7-20/h4-11,13-16,18H,12,17H2,1-3H3,(H2-,38,39,40,41,43,44). The minimum absolute atomic E-state index is 0.0586. The monoisotopic (exact) mass is 647 g/mol. The average Bonchev–Trinajstić information content (AvgIpc) is 3.47. The summed E-state index contributed by atoms with van der Waals surface area (Å²) in [5.41, 5.74) is 2.39. The smallest absolute Gasteiger partial charge is 0.416 e. The van der Waals surface area contributed by atoms with Gasteiger partial charge in [-0.3, -0.25) is 14.8 Å². The minimum Gasteiger partial charge on any atom is -0.861 e. The van der Waals surface area contributed by atoms with Gasteiger partial charge in [-0.05, 0) is 59.0 Å². The maximum Gasteiger partial charge on any atom is 0.416 e. The van der Waals surface area contributed by atoms with E-state index in [-0.39, 0.29) is 29.7 Å². The van der Waals surface area contributed by atoms with E-state index < -0.39 is 23.7 Å². The zero-order valence-corrected chi connectivity index (χ0v) is 25.3. The molecule has 2 heterocycles. The summed E-state index contributed by atoms with van der Waals surface area (Å²) in [6.45, 7) is 2.16. The number of urea groups is 1. The summed E-state index contributed by atoms with van der Waals surface area (Å²) < 4.78 is 57.6. The largest absolute Gasteiger partial charge is 0.861 e. The first-order valence-corrected chi connectivity index (χ1v) is 14.0. The van der Waals surface area contributed by atoms with Gasteiger partial charge in [0, 0.05) is 29.4 Å². The molecule has 0 bridgehead atoms. The molecule has 0 aliphatic carbocycles. The lowest BCUT2D eigenvalue weighted by Crippen LogP contribution is -2.35. The summed E-state index contributed by atoms with van der Waals surface area (Å²) in [5.74, 6) is -0.139. The normalized spacial score (nSPS) is 11.7. The summed E-state index contributed by atoms with van der Waals surface area (Å²) in [4.78, 5) is 24.9. The molecule has 0 saturated heterocycles. The van der Waals surface area contributed by atoms with Gasteiger partial charge in [0.15, 0.2) is 0 Å². The Balaban J connectivity index is 1.23. The Morgan fingerprint density at radius 2 is 1.72 bits per heavy atom. The first-order chi connectivity index (χ1) is 22.5. The number of halogens is 3. The lowest BCUT2D eigenvalue weighted by Gasteiger charge is -2.14. The van der Waals surface area contributed by atoms with Gasteiger partial charge in [-0.15, -0.1) is 0 Å². The Bertz CT molecular complexity index is 1890. The summed E-state index contributed by atoms with van der Waals surface area (Å²) in [6, 6.07) is 16.2. The van der Waals surface area contributed by atoms with Crippen LogP contribution in [0.2, 0.25) is 0 Å². The number of hydrogen-bond acceptors (Lipinski definition) is 9. The van der Waals surface area contributed by atoms with E-state index in [1.807, 2.05) is 31.2 Å². The van der Waals surface area contributed by atoms with E-state index in [1.54, 1.807) is 30.5 Å². The van der Waals surface area contributed by atoms with Gasteiger partial charge < -0.3 is 19.9 Å². The Hall–Kier alpha value is -5.99. The van der Waals surface area contributed by atoms with E-state index in [1.165, 1.54) is 25.1 Å². The van der Waals surface area contributed by atoms with Crippen LogP contribution in [0, 0.1) is 6.92 Å². The molecule has 0 radical (unpaired) electrons. The Labute approximate surface area is 266 Å². The number of nitrogens with one attached hydrogen (secondary N) is 2. The summed E-state index contributed by atoms with van der Waals surface area (Å²) >= 11 is 0. The van der Waals surface area contributed by atoms with Gasteiger partial charge in [-0.2, -0.15) is 18.2 Å². The molecule has 5 aromatic rings. The molecular weight excluding hydrogens is 619 g/mol. The third-order valence-electron chi connectivity index (χ3n) is 6.77. The second-order valence-electron chi connectivity index (χ2n) is 10.2. The molecule has 0 atom stereocenters. The zero-order valence-electron chi connectivity index (χ0n) is 25.3. The van der Waals surface area contributed by atoms with E-state index in [0.29, 0.717) is 17.9 Å². The predicted molar refractivity (Wildman–Crippen MR) is 162 cm³/mol. The van der Waals surface area contributed by atoms with Crippen molar-refractivity contribution in [3.63, 3.8) is 0 Å². The highest BCUT2D eigenvalue weighted by Gasteiger charge is 2.31. The van der Waals surface area contributed by atoms with Crippen molar-refractivity contribution in [1.82, 2.24) is 15.2 Å². The van der Waals surface area contributed by atoms with E-state index in [0.717, 1.165) is 40.6 Å². The molecule has 0 aliphatic rings. The molecule has 242 valence electrons. The highest BCUT2D eigenvalue weighted by Crippen LogP contribution is 2.34. The Morgan fingerprint density at radius 1 is 1.00 bits per heavy atom. The number of anilines is 2. The van der Waals surface area contributed by atoms with Gasteiger partial charge in [0.2, 0.25) is 11.8 Å². The van der Waals surface area contributed by atoms with Gasteiger partial charge >= 0.3 is 24.1 Å². The molecule has 0 aliphatic heterocycles. The fourth-order valence-corrected chi connectivity index (χ4v) is 4.50.